The fourth-order valence-corrected chi connectivity index (χ4v) is 3.02. The maximum atomic E-state index is 11.4. The van der Waals surface area contributed by atoms with E-state index in [4.69, 9.17) is 0 Å². The Bertz CT molecular complexity index is 631. The van der Waals surface area contributed by atoms with Crippen molar-refractivity contribution in [1.82, 2.24) is 9.38 Å². The van der Waals surface area contributed by atoms with Gasteiger partial charge in [-0.05, 0) is 23.8 Å². The molecule has 0 bridgehead atoms. The lowest BCUT2D eigenvalue weighted by Gasteiger charge is -2.30. The topological polar surface area (TPSA) is 63.7 Å². The summed E-state index contributed by atoms with van der Waals surface area (Å²) in [6.07, 6.45) is 7.51. The van der Waals surface area contributed by atoms with Crippen molar-refractivity contribution < 1.29 is 4.92 Å². The molecule has 0 aliphatic heterocycles. The number of imidazole rings is 1. The summed E-state index contributed by atoms with van der Waals surface area (Å²) in [5.74, 6) is 0.543. The number of pyridine rings is 1. The van der Waals surface area contributed by atoms with Crippen LogP contribution < -0.4 is 4.90 Å². The molecule has 0 atom stereocenters. The summed E-state index contributed by atoms with van der Waals surface area (Å²) in [6, 6.07) is 5.78. The molecule has 0 spiro atoms. The molecule has 2 aromatic rings. The molecule has 0 aromatic carbocycles. The number of nitrogens with zero attached hydrogens (tertiary/aromatic N) is 4. The van der Waals surface area contributed by atoms with Gasteiger partial charge in [-0.15, -0.1) is 0 Å². The summed E-state index contributed by atoms with van der Waals surface area (Å²) in [5.41, 5.74) is 0.622. The molecule has 3 rings (SSSR count). The van der Waals surface area contributed by atoms with Crippen LogP contribution in [0.15, 0.2) is 24.4 Å². The molecule has 106 valence electrons. The Balaban J connectivity index is 2.05. The van der Waals surface area contributed by atoms with Crippen LogP contribution in [0.3, 0.4) is 0 Å². The lowest BCUT2D eigenvalue weighted by Crippen LogP contribution is -2.34. The van der Waals surface area contributed by atoms with Crippen LogP contribution >= 0.6 is 0 Å². The van der Waals surface area contributed by atoms with Gasteiger partial charge in [0.2, 0.25) is 11.5 Å². The van der Waals surface area contributed by atoms with Crippen molar-refractivity contribution in [2.45, 2.75) is 38.1 Å². The molecule has 1 aliphatic carbocycles. The molecule has 0 radical (unpaired) electrons. The van der Waals surface area contributed by atoms with E-state index in [9.17, 15) is 10.1 Å². The number of rotatable bonds is 3. The van der Waals surface area contributed by atoms with Crippen molar-refractivity contribution in [2.75, 3.05) is 11.9 Å². The molecular formula is C14H18N4O2. The van der Waals surface area contributed by atoms with Crippen molar-refractivity contribution in [3.8, 4) is 0 Å². The van der Waals surface area contributed by atoms with E-state index in [0.29, 0.717) is 17.5 Å². The van der Waals surface area contributed by atoms with Crippen LogP contribution in [-0.4, -0.2) is 27.4 Å². The molecule has 0 unspecified atom stereocenters. The fourth-order valence-electron chi connectivity index (χ4n) is 3.02. The number of anilines is 1. The highest BCUT2D eigenvalue weighted by Crippen LogP contribution is 2.32. The first-order valence-electron chi connectivity index (χ1n) is 7.03. The third-order valence-corrected chi connectivity index (χ3v) is 4.12. The molecular weight excluding hydrogens is 256 g/mol. The predicted octanol–water partition coefficient (Wildman–Crippen LogP) is 3.01. The van der Waals surface area contributed by atoms with Crippen molar-refractivity contribution >= 4 is 17.3 Å². The quantitative estimate of drug-likeness (QED) is 0.637. The summed E-state index contributed by atoms with van der Waals surface area (Å²) in [4.78, 5) is 17.5. The van der Waals surface area contributed by atoms with Gasteiger partial charge in [-0.1, -0.05) is 25.3 Å². The molecule has 2 heterocycles. The van der Waals surface area contributed by atoms with Crippen LogP contribution in [-0.2, 0) is 0 Å². The van der Waals surface area contributed by atoms with Crippen LogP contribution in [0.4, 0.5) is 11.6 Å². The first-order chi connectivity index (χ1) is 9.68. The predicted molar refractivity (Wildman–Crippen MR) is 77.1 cm³/mol. The molecule has 0 saturated heterocycles. The summed E-state index contributed by atoms with van der Waals surface area (Å²) < 4.78 is 1.55. The SMILES string of the molecule is CN(c1nc2ccccn2c1[N+](=O)[O-])C1CCCCC1. The van der Waals surface area contributed by atoms with Gasteiger partial charge >= 0.3 is 5.82 Å². The van der Waals surface area contributed by atoms with Crippen LogP contribution in [0, 0.1) is 10.1 Å². The fraction of sp³-hybridized carbons (Fsp3) is 0.500. The average Bonchev–Trinajstić information content (AvgIpc) is 2.86. The molecule has 6 heteroatoms. The zero-order valence-corrected chi connectivity index (χ0v) is 11.5. The molecule has 0 amide bonds. The van der Waals surface area contributed by atoms with Crippen molar-refractivity contribution in [3.05, 3.63) is 34.5 Å². The van der Waals surface area contributed by atoms with Gasteiger partial charge in [0.1, 0.15) is 0 Å². The lowest BCUT2D eigenvalue weighted by atomic mass is 9.94. The van der Waals surface area contributed by atoms with Gasteiger partial charge in [0.15, 0.2) is 0 Å². The lowest BCUT2D eigenvalue weighted by molar-refractivity contribution is -0.389. The van der Waals surface area contributed by atoms with Crippen LogP contribution in [0.1, 0.15) is 32.1 Å². The van der Waals surface area contributed by atoms with E-state index in [2.05, 4.69) is 4.98 Å². The van der Waals surface area contributed by atoms with Crippen LogP contribution in [0.2, 0.25) is 0 Å². The van der Waals surface area contributed by atoms with Crippen molar-refractivity contribution in [2.24, 2.45) is 0 Å². The maximum Gasteiger partial charge on any atom is 0.372 e. The third-order valence-electron chi connectivity index (χ3n) is 4.12. The minimum Gasteiger partial charge on any atom is -0.358 e. The Kier molecular flexibility index (Phi) is 3.30. The van der Waals surface area contributed by atoms with Crippen molar-refractivity contribution in [1.29, 1.82) is 0 Å². The number of hydrogen-bond donors (Lipinski definition) is 0. The largest absolute Gasteiger partial charge is 0.372 e. The molecule has 1 fully saturated rings. The second-order valence-corrected chi connectivity index (χ2v) is 5.35. The Morgan fingerprint density at radius 1 is 1.35 bits per heavy atom. The Hall–Kier alpha value is -2.11. The zero-order chi connectivity index (χ0) is 14.1. The van der Waals surface area contributed by atoms with Gasteiger partial charge in [0, 0.05) is 19.2 Å². The highest BCUT2D eigenvalue weighted by Gasteiger charge is 2.29. The molecule has 20 heavy (non-hydrogen) atoms. The summed E-state index contributed by atoms with van der Waals surface area (Å²) in [7, 11) is 1.92. The Labute approximate surface area is 117 Å². The minimum absolute atomic E-state index is 0.0636. The van der Waals surface area contributed by atoms with E-state index >= 15 is 0 Å². The van der Waals surface area contributed by atoms with Crippen molar-refractivity contribution in [3.63, 3.8) is 0 Å². The summed E-state index contributed by atoms with van der Waals surface area (Å²) >= 11 is 0. The molecule has 6 nitrogen and oxygen atoms in total. The molecule has 1 saturated carbocycles. The number of nitro groups is 1. The van der Waals surface area contributed by atoms with Gasteiger partial charge in [0.05, 0.1) is 6.20 Å². The van der Waals surface area contributed by atoms with E-state index in [-0.39, 0.29) is 10.7 Å². The number of hydrogen-bond acceptors (Lipinski definition) is 4. The first kappa shape index (κ1) is 12.9. The second-order valence-electron chi connectivity index (χ2n) is 5.35. The smallest absolute Gasteiger partial charge is 0.358 e. The van der Waals surface area contributed by atoms with Gasteiger partial charge in [0.25, 0.3) is 0 Å². The Morgan fingerprint density at radius 3 is 2.80 bits per heavy atom. The van der Waals surface area contributed by atoms with Gasteiger partial charge < -0.3 is 15.0 Å². The maximum absolute atomic E-state index is 11.4. The van der Waals surface area contributed by atoms with E-state index in [0.717, 1.165) is 12.8 Å². The standard InChI is InChI=1S/C14H18N4O2/c1-16(11-7-3-2-4-8-11)13-14(18(19)20)17-10-6-5-9-12(17)15-13/h5-6,9-11H,2-4,7-8H2,1H3. The molecule has 0 N–H and O–H groups in total. The highest BCUT2D eigenvalue weighted by atomic mass is 16.6. The van der Waals surface area contributed by atoms with Crippen LogP contribution in [0.5, 0.6) is 0 Å². The minimum atomic E-state index is -0.339. The van der Waals surface area contributed by atoms with E-state index in [1.54, 1.807) is 22.7 Å². The Morgan fingerprint density at radius 2 is 2.10 bits per heavy atom. The first-order valence-corrected chi connectivity index (χ1v) is 7.03. The second kappa shape index (κ2) is 5.11. The highest BCUT2D eigenvalue weighted by molar-refractivity contribution is 5.63. The molecule has 2 aromatic heterocycles. The van der Waals surface area contributed by atoms with Crippen LogP contribution in [0.25, 0.3) is 5.65 Å². The van der Waals surface area contributed by atoms with Gasteiger partial charge in [-0.3, -0.25) is 0 Å². The normalized spacial score (nSPS) is 16.4. The monoisotopic (exact) mass is 274 g/mol. The number of fused-ring (bicyclic) bond motifs is 1. The average molecular weight is 274 g/mol. The zero-order valence-electron chi connectivity index (χ0n) is 11.5. The summed E-state index contributed by atoms with van der Waals surface area (Å²) in [5, 5.41) is 11.4. The van der Waals surface area contributed by atoms with E-state index in [1.165, 1.54) is 19.3 Å². The number of aromatic nitrogens is 2. The molecule has 1 aliphatic rings. The van der Waals surface area contributed by atoms with E-state index in [1.807, 2.05) is 18.0 Å². The van der Waals surface area contributed by atoms with Gasteiger partial charge in [-0.2, -0.15) is 9.38 Å². The summed E-state index contributed by atoms with van der Waals surface area (Å²) in [6.45, 7) is 0. The van der Waals surface area contributed by atoms with E-state index < -0.39 is 0 Å². The van der Waals surface area contributed by atoms with Gasteiger partial charge in [-0.25, -0.2) is 0 Å². The third kappa shape index (κ3) is 2.11.